The summed E-state index contributed by atoms with van der Waals surface area (Å²) in [6.07, 6.45) is 1.55. The van der Waals surface area contributed by atoms with Crippen molar-refractivity contribution in [1.82, 2.24) is 4.90 Å². The Morgan fingerprint density at radius 3 is 2.42 bits per heavy atom. The van der Waals surface area contributed by atoms with Crippen molar-refractivity contribution in [2.24, 2.45) is 0 Å². The van der Waals surface area contributed by atoms with Gasteiger partial charge in [-0.3, -0.25) is 4.79 Å². The molecular formula is C19H15ClFNO2. The number of nitrogens with zero attached hydrogens (tertiary/aromatic N) is 1. The first-order valence-electron chi connectivity index (χ1n) is 7.44. The van der Waals surface area contributed by atoms with Crippen molar-refractivity contribution in [3.05, 3.63) is 94.7 Å². The van der Waals surface area contributed by atoms with Gasteiger partial charge in [0.25, 0.3) is 5.91 Å². The lowest BCUT2D eigenvalue weighted by Gasteiger charge is -2.22. The average Bonchev–Trinajstić information content (AvgIpc) is 3.09. The second-order valence-corrected chi connectivity index (χ2v) is 5.78. The Hall–Kier alpha value is -2.59. The molecule has 24 heavy (non-hydrogen) atoms. The van der Waals surface area contributed by atoms with E-state index >= 15 is 0 Å². The average molecular weight is 344 g/mol. The minimum absolute atomic E-state index is 0.0398. The van der Waals surface area contributed by atoms with Crippen LogP contribution in [0.1, 0.15) is 21.7 Å². The van der Waals surface area contributed by atoms with Crippen molar-refractivity contribution in [2.45, 2.75) is 13.1 Å². The lowest BCUT2D eigenvalue weighted by Crippen LogP contribution is -2.30. The molecule has 3 rings (SSSR count). The van der Waals surface area contributed by atoms with Gasteiger partial charge in [-0.2, -0.15) is 0 Å². The fourth-order valence-electron chi connectivity index (χ4n) is 2.41. The van der Waals surface area contributed by atoms with E-state index in [9.17, 15) is 9.18 Å². The summed E-state index contributed by atoms with van der Waals surface area (Å²) >= 11 is 5.90. The van der Waals surface area contributed by atoms with Gasteiger partial charge in [-0.05, 0) is 42.0 Å². The second-order valence-electron chi connectivity index (χ2n) is 5.35. The van der Waals surface area contributed by atoms with Crippen molar-refractivity contribution in [3.8, 4) is 0 Å². The zero-order valence-electron chi connectivity index (χ0n) is 12.8. The summed E-state index contributed by atoms with van der Waals surface area (Å²) in [5, 5.41) is 0.622. The van der Waals surface area contributed by atoms with E-state index in [0.29, 0.717) is 17.3 Å². The Kier molecular flexibility index (Phi) is 4.96. The van der Waals surface area contributed by atoms with Crippen LogP contribution in [-0.4, -0.2) is 10.8 Å². The molecule has 3 nitrogen and oxygen atoms in total. The summed E-state index contributed by atoms with van der Waals surface area (Å²) in [7, 11) is 0. The van der Waals surface area contributed by atoms with Crippen molar-refractivity contribution >= 4 is 17.5 Å². The number of hydrogen-bond acceptors (Lipinski definition) is 2. The van der Waals surface area contributed by atoms with Gasteiger partial charge in [0.2, 0.25) is 0 Å². The van der Waals surface area contributed by atoms with Gasteiger partial charge in [0.05, 0.1) is 18.4 Å². The van der Waals surface area contributed by atoms with Crippen LogP contribution in [0.3, 0.4) is 0 Å². The van der Waals surface area contributed by atoms with E-state index < -0.39 is 5.82 Å². The Bertz CT molecular complexity index is 816. The first kappa shape index (κ1) is 16.3. The maximum Gasteiger partial charge on any atom is 0.257 e. The third-order valence-electron chi connectivity index (χ3n) is 3.60. The fourth-order valence-corrected chi connectivity index (χ4v) is 2.53. The summed E-state index contributed by atoms with van der Waals surface area (Å²) in [5.74, 6) is -0.295. The lowest BCUT2D eigenvalue weighted by atomic mass is 10.1. The molecule has 0 fully saturated rings. The SMILES string of the molecule is O=C(c1ccccc1F)N(Cc1ccc(Cl)cc1)Cc1ccco1. The molecule has 0 bridgehead atoms. The zero-order chi connectivity index (χ0) is 16.9. The molecule has 0 aliphatic carbocycles. The normalized spacial score (nSPS) is 10.6. The van der Waals surface area contributed by atoms with Crippen LogP contribution in [0.15, 0.2) is 71.3 Å². The van der Waals surface area contributed by atoms with Gasteiger partial charge in [0.15, 0.2) is 0 Å². The molecular weight excluding hydrogens is 329 g/mol. The molecule has 2 aromatic carbocycles. The predicted octanol–water partition coefficient (Wildman–Crippen LogP) is 4.91. The highest BCUT2D eigenvalue weighted by Gasteiger charge is 2.20. The molecule has 0 aliphatic heterocycles. The first-order valence-corrected chi connectivity index (χ1v) is 7.82. The standard InChI is InChI=1S/C19H15ClFNO2/c20-15-9-7-14(8-10-15)12-22(13-16-4-3-11-24-16)19(23)17-5-1-2-6-18(17)21/h1-11H,12-13H2. The molecule has 0 saturated heterocycles. The number of halogens is 2. The third kappa shape index (κ3) is 3.84. The molecule has 0 spiro atoms. The first-order chi connectivity index (χ1) is 11.6. The summed E-state index contributed by atoms with van der Waals surface area (Å²) in [4.78, 5) is 14.3. The van der Waals surface area contributed by atoms with E-state index in [4.69, 9.17) is 16.0 Å². The zero-order valence-corrected chi connectivity index (χ0v) is 13.5. The molecule has 122 valence electrons. The van der Waals surface area contributed by atoms with Crippen molar-refractivity contribution < 1.29 is 13.6 Å². The number of carbonyl (C=O) groups is 1. The van der Waals surface area contributed by atoms with E-state index in [1.165, 1.54) is 12.1 Å². The molecule has 0 unspecified atom stereocenters. The van der Waals surface area contributed by atoms with Crippen molar-refractivity contribution in [3.63, 3.8) is 0 Å². The Balaban J connectivity index is 1.87. The lowest BCUT2D eigenvalue weighted by molar-refractivity contribution is 0.0713. The van der Waals surface area contributed by atoms with Crippen LogP contribution in [0.4, 0.5) is 4.39 Å². The second kappa shape index (κ2) is 7.32. The quantitative estimate of drug-likeness (QED) is 0.659. The maximum absolute atomic E-state index is 14.0. The monoisotopic (exact) mass is 343 g/mol. The van der Waals surface area contributed by atoms with E-state index in [0.717, 1.165) is 5.56 Å². The fraction of sp³-hybridized carbons (Fsp3) is 0.105. The van der Waals surface area contributed by atoms with Gasteiger partial charge in [0.1, 0.15) is 11.6 Å². The molecule has 1 amide bonds. The Labute approximate surface area is 144 Å². The van der Waals surface area contributed by atoms with Gasteiger partial charge < -0.3 is 9.32 Å². The van der Waals surface area contributed by atoms with Gasteiger partial charge >= 0.3 is 0 Å². The molecule has 0 N–H and O–H groups in total. The molecule has 0 atom stereocenters. The smallest absolute Gasteiger partial charge is 0.257 e. The minimum atomic E-state index is -0.539. The van der Waals surface area contributed by atoms with Crippen LogP contribution >= 0.6 is 11.6 Å². The summed E-state index contributed by atoms with van der Waals surface area (Å²) < 4.78 is 19.3. The van der Waals surface area contributed by atoms with Gasteiger partial charge in [-0.25, -0.2) is 4.39 Å². The molecule has 1 heterocycles. The van der Waals surface area contributed by atoms with Gasteiger partial charge in [-0.15, -0.1) is 0 Å². The van der Waals surface area contributed by atoms with Crippen LogP contribution in [-0.2, 0) is 13.1 Å². The number of benzene rings is 2. The maximum atomic E-state index is 14.0. The molecule has 5 heteroatoms. The number of carbonyl (C=O) groups excluding carboxylic acids is 1. The number of furan rings is 1. The van der Waals surface area contributed by atoms with E-state index in [1.54, 1.807) is 47.6 Å². The number of hydrogen-bond donors (Lipinski definition) is 0. The number of rotatable bonds is 5. The largest absolute Gasteiger partial charge is 0.467 e. The van der Waals surface area contributed by atoms with Crippen LogP contribution in [0, 0.1) is 5.82 Å². The van der Waals surface area contributed by atoms with E-state index in [1.807, 2.05) is 12.1 Å². The molecule has 0 radical (unpaired) electrons. The highest BCUT2D eigenvalue weighted by atomic mass is 35.5. The third-order valence-corrected chi connectivity index (χ3v) is 3.86. The van der Waals surface area contributed by atoms with Crippen molar-refractivity contribution in [2.75, 3.05) is 0 Å². The van der Waals surface area contributed by atoms with Crippen LogP contribution in [0.25, 0.3) is 0 Å². The van der Waals surface area contributed by atoms with Gasteiger partial charge in [-0.1, -0.05) is 35.9 Å². The molecule has 1 aromatic heterocycles. The highest BCUT2D eigenvalue weighted by Crippen LogP contribution is 2.18. The molecule has 0 aliphatic rings. The highest BCUT2D eigenvalue weighted by molar-refractivity contribution is 6.30. The summed E-state index contributed by atoms with van der Waals surface area (Å²) in [6.45, 7) is 0.577. The predicted molar refractivity (Wildman–Crippen MR) is 90.1 cm³/mol. The summed E-state index contributed by atoms with van der Waals surface area (Å²) in [5.41, 5.74) is 0.939. The van der Waals surface area contributed by atoms with Crippen LogP contribution < -0.4 is 0 Å². The Morgan fingerprint density at radius 2 is 1.75 bits per heavy atom. The van der Waals surface area contributed by atoms with E-state index in [2.05, 4.69) is 0 Å². The molecule has 0 saturated carbocycles. The number of amides is 1. The summed E-state index contributed by atoms with van der Waals surface area (Å²) in [6, 6.07) is 16.7. The minimum Gasteiger partial charge on any atom is -0.467 e. The van der Waals surface area contributed by atoms with Crippen LogP contribution in [0.5, 0.6) is 0 Å². The van der Waals surface area contributed by atoms with Gasteiger partial charge in [0, 0.05) is 11.6 Å². The van der Waals surface area contributed by atoms with Crippen LogP contribution in [0.2, 0.25) is 5.02 Å². The Morgan fingerprint density at radius 1 is 1.00 bits per heavy atom. The molecule has 3 aromatic rings. The topological polar surface area (TPSA) is 33.5 Å². The van der Waals surface area contributed by atoms with E-state index in [-0.39, 0.29) is 18.0 Å². The van der Waals surface area contributed by atoms with Crippen molar-refractivity contribution in [1.29, 1.82) is 0 Å².